The molecular weight excluding hydrogens is 326 g/mol. The zero-order valence-corrected chi connectivity index (χ0v) is 15.2. The van der Waals surface area contributed by atoms with Gasteiger partial charge in [-0.25, -0.2) is 4.98 Å². The Morgan fingerprint density at radius 1 is 0.720 bits per heavy atom. The minimum Gasteiger partial charge on any atom is -0.219 e. The molecule has 0 fully saturated rings. The van der Waals surface area contributed by atoms with Gasteiger partial charge in [-0.05, 0) is 17.2 Å². The lowest BCUT2D eigenvalue weighted by molar-refractivity contribution is 0.705. The number of thioether (sulfide) groups is 1. The summed E-state index contributed by atoms with van der Waals surface area (Å²) in [5.74, 6) is 1.05. The third kappa shape index (κ3) is 3.19. The third-order valence-electron chi connectivity index (χ3n) is 4.55. The molecule has 126 valence electrons. The summed E-state index contributed by atoms with van der Waals surface area (Å²) in [7, 11) is 0. The molecule has 4 rings (SSSR count). The Hall–Kier alpha value is -2.20. The van der Waals surface area contributed by atoms with Gasteiger partial charge in [0.15, 0.2) is 0 Å². The van der Waals surface area contributed by atoms with Crippen LogP contribution in [-0.4, -0.2) is 20.9 Å². The molecule has 0 saturated carbocycles. The summed E-state index contributed by atoms with van der Waals surface area (Å²) in [4.78, 5) is 4.86. The van der Waals surface area contributed by atoms with Crippen LogP contribution in [0.15, 0.2) is 53.7 Å². The predicted octanol–water partition coefficient (Wildman–Crippen LogP) is 6.00. The second kappa shape index (κ2) is 7.36. The lowest BCUT2D eigenvalue weighted by Gasteiger charge is -2.09. The van der Waals surface area contributed by atoms with Crippen molar-refractivity contribution in [3.05, 3.63) is 48.5 Å². The van der Waals surface area contributed by atoms with Crippen molar-refractivity contribution in [1.82, 2.24) is 15.2 Å². The highest BCUT2D eigenvalue weighted by Gasteiger charge is 2.12. The fraction of sp³-hybridized carbons (Fsp3) is 0.286. The molecule has 0 atom stereocenters. The quantitative estimate of drug-likeness (QED) is 0.243. The molecule has 0 aliphatic rings. The van der Waals surface area contributed by atoms with E-state index >= 15 is 0 Å². The van der Waals surface area contributed by atoms with Crippen molar-refractivity contribution >= 4 is 44.3 Å². The molecular formula is C21H21N3S. The summed E-state index contributed by atoms with van der Waals surface area (Å²) < 4.78 is 0. The Balaban J connectivity index is 1.79. The van der Waals surface area contributed by atoms with Crippen LogP contribution in [0.1, 0.15) is 32.6 Å². The lowest BCUT2D eigenvalue weighted by atomic mass is 10.00. The molecule has 0 saturated heterocycles. The first-order valence-corrected chi connectivity index (χ1v) is 9.93. The Labute approximate surface area is 151 Å². The van der Waals surface area contributed by atoms with Gasteiger partial charge in [0.1, 0.15) is 11.0 Å². The van der Waals surface area contributed by atoms with Crippen molar-refractivity contribution in [1.29, 1.82) is 0 Å². The van der Waals surface area contributed by atoms with Crippen LogP contribution >= 0.6 is 11.8 Å². The van der Waals surface area contributed by atoms with Crippen LogP contribution < -0.4 is 0 Å². The van der Waals surface area contributed by atoms with Gasteiger partial charge in [-0.3, -0.25) is 0 Å². The SMILES string of the molecule is CCCCCCSc1nnc2c3ccccc3c3ccccc3c2n1. The largest absolute Gasteiger partial charge is 0.219 e. The van der Waals surface area contributed by atoms with Gasteiger partial charge in [-0.2, -0.15) is 0 Å². The summed E-state index contributed by atoms with van der Waals surface area (Å²) in [5.41, 5.74) is 1.85. The van der Waals surface area contributed by atoms with Crippen molar-refractivity contribution in [2.24, 2.45) is 0 Å². The third-order valence-corrected chi connectivity index (χ3v) is 5.47. The van der Waals surface area contributed by atoms with Gasteiger partial charge >= 0.3 is 0 Å². The fourth-order valence-electron chi connectivity index (χ4n) is 3.28. The second-order valence-electron chi connectivity index (χ2n) is 6.29. The van der Waals surface area contributed by atoms with Gasteiger partial charge in [-0.1, -0.05) is 86.5 Å². The maximum Gasteiger partial charge on any atom is 0.209 e. The number of rotatable bonds is 6. The average molecular weight is 347 g/mol. The average Bonchev–Trinajstić information content (AvgIpc) is 2.68. The molecule has 0 unspecified atom stereocenters. The maximum absolute atomic E-state index is 4.86. The Bertz CT molecular complexity index is 994. The number of fused-ring (bicyclic) bond motifs is 6. The van der Waals surface area contributed by atoms with E-state index in [1.165, 1.54) is 36.5 Å². The van der Waals surface area contributed by atoms with Crippen molar-refractivity contribution in [2.45, 2.75) is 37.8 Å². The Kier molecular flexibility index (Phi) is 4.79. The predicted molar refractivity (Wildman–Crippen MR) is 107 cm³/mol. The van der Waals surface area contributed by atoms with E-state index in [2.05, 4.69) is 65.7 Å². The van der Waals surface area contributed by atoms with Crippen LogP contribution in [0.2, 0.25) is 0 Å². The van der Waals surface area contributed by atoms with Crippen LogP contribution in [-0.2, 0) is 0 Å². The van der Waals surface area contributed by atoms with Gasteiger partial charge < -0.3 is 0 Å². The summed E-state index contributed by atoms with van der Waals surface area (Å²) >= 11 is 1.71. The van der Waals surface area contributed by atoms with Crippen molar-refractivity contribution < 1.29 is 0 Å². The van der Waals surface area contributed by atoms with E-state index in [4.69, 9.17) is 4.98 Å². The first kappa shape index (κ1) is 16.3. The van der Waals surface area contributed by atoms with E-state index in [0.717, 1.165) is 32.7 Å². The van der Waals surface area contributed by atoms with Crippen molar-refractivity contribution in [3.8, 4) is 0 Å². The molecule has 3 nitrogen and oxygen atoms in total. The van der Waals surface area contributed by atoms with Gasteiger partial charge in [0.2, 0.25) is 5.16 Å². The van der Waals surface area contributed by atoms with Crippen LogP contribution in [0, 0.1) is 0 Å². The van der Waals surface area contributed by atoms with Crippen LogP contribution in [0.5, 0.6) is 0 Å². The van der Waals surface area contributed by atoms with E-state index in [9.17, 15) is 0 Å². The number of aromatic nitrogens is 3. The molecule has 0 bridgehead atoms. The van der Waals surface area contributed by atoms with Crippen molar-refractivity contribution in [3.63, 3.8) is 0 Å². The number of nitrogens with zero attached hydrogens (tertiary/aromatic N) is 3. The number of unbranched alkanes of at least 4 members (excludes halogenated alkanes) is 3. The Morgan fingerprint density at radius 3 is 2.04 bits per heavy atom. The molecule has 1 aromatic heterocycles. The smallest absolute Gasteiger partial charge is 0.209 e. The maximum atomic E-state index is 4.86. The van der Waals surface area contributed by atoms with Crippen LogP contribution in [0.4, 0.5) is 0 Å². The van der Waals surface area contributed by atoms with E-state index in [1.54, 1.807) is 11.8 Å². The number of hydrogen-bond acceptors (Lipinski definition) is 4. The summed E-state index contributed by atoms with van der Waals surface area (Å²) in [5, 5.41) is 14.4. The number of hydrogen-bond donors (Lipinski definition) is 0. The molecule has 3 aromatic carbocycles. The molecule has 4 aromatic rings. The normalized spacial score (nSPS) is 11.6. The molecule has 25 heavy (non-hydrogen) atoms. The highest BCUT2D eigenvalue weighted by atomic mass is 32.2. The molecule has 4 heteroatoms. The minimum absolute atomic E-state index is 0.782. The highest BCUT2D eigenvalue weighted by molar-refractivity contribution is 7.99. The van der Waals surface area contributed by atoms with E-state index < -0.39 is 0 Å². The first-order chi connectivity index (χ1) is 12.4. The molecule has 0 spiro atoms. The van der Waals surface area contributed by atoms with Crippen LogP contribution in [0.25, 0.3) is 32.6 Å². The first-order valence-electron chi connectivity index (χ1n) is 8.95. The Morgan fingerprint density at radius 2 is 1.36 bits per heavy atom. The molecule has 0 amide bonds. The van der Waals surface area contributed by atoms with Gasteiger partial charge in [0, 0.05) is 16.5 Å². The monoisotopic (exact) mass is 347 g/mol. The highest BCUT2D eigenvalue weighted by Crippen LogP contribution is 2.33. The van der Waals surface area contributed by atoms with E-state index in [-0.39, 0.29) is 0 Å². The lowest BCUT2D eigenvalue weighted by Crippen LogP contribution is -1.96. The van der Waals surface area contributed by atoms with E-state index in [0.29, 0.717) is 0 Å². The zero-order chi connectivity index (χ0) is 17.1. The van der Waals surface area contributed by atoms with E-state index in [1.807, 2.05) is 0 Å². The molecule has 0 radical (unpaired) electrons. The zero-order valence-electron chi connectivity index (χ0n) is 14.4. The molecule has 0 aliphatic carbocycles. The minimum atomic E-state index is 0.782. The fourth-order valence-corrected chi connectivity index (χ4v) is 4.07. The molecule has 0 N–H and O–H groups in total. The summed E-state index contributed by atoms with van der Waals surface area (Å²) in [6.07, 6.45) is 5.04. The topological polar surface area (TPSA) is 38.7 Å². The van der Waals surface area contributed by atoms with Gasteiger partial charge in [0.25, 0.3) is 0 Å². The second-order valence-corrected chi connectivity index (χ2v) is 7.35. The number of benzene rings is 3. The summed E-state index contributed by atoms with van der Waals surface area (Å²) in [6, 6.07) is 16.8. The summed E-state index contributed by atoms with van der Waals surface area (Å²) in [6.45, 7) is 2.24. The molecule has 1 heterocycles. The van der Waals surface area contributed by atoms with Gasteiger partial charge in [0.05, 0.1) is 0 Å². The van der Waals surface area contributed by atoms with Crippen molar-refractivity contribution in [2.75, 3.05) is 5.75 Å². The van der Waals surface area contributed by atoms with Crippen LogP contribution in [0.3, 0.4) is 0 Å². The molecule has 0 aliphatic heterocycles. The van der Waals surface area contributed by atoms with Gasteiger partial charge in [-0.15, -0.1) is 10.2 Å². The standard InChI is InChI=1S/C21H21N3S/c1-2-3-4-9-14-25-21-22-19-17-12-7-5-10-15(17)16-11-6-8-13-18(16)20(19)23-24-21/h5-8,10-13H,2-4,9,14H2,1H3.